The van der Waals surface area contributed by atoms with Gasteiger partial charge in [0.25, 0.3) is 0 Å². The number of nitrogens with one attached hydrogen (secondary N) is 1. The van der Waals surface area contributed by atoms with Crippen LogP contribution < -0.4 is 11.1 Å². The van der Waals surface area contributed by atoms with Crippen LogP contribution in [-0.2, 0) is 0 Å². The first kappa shape index (κ1) is 14.3. The van der Waals surface area contributed by atoms with Crippen molar-refractivity contribution >= 4 is 23.2 Å². The number of aryl methyl sites for hydroxylation is 1. The predicted molar refractivity (Wildman–Crippen MR) is 78.8 cm³/mol. The third kappa shape index (κ3) is 3.05. The first-order valence-electron chi connectivity index (χ1n) is 6.12. The van der Waals surface area contributed by atoms with Gasteiger partial charge in [0.05, 0.1) is 28.1 Å². The van der Waals surface area contributed by atoms with Gasteiger partial charge in [-0.15, -0.1) is 0 Å². The van der Waals surface area contributed by atoms with Crippen LogP contribution in [0.5, 0.6) is 0 Å². The van der Waals surface area contributed by atoms with Crippen molar-refractivity contribution in [2.24, 2.45) is 5.73 Å². The number of amides is 1. The zero-order valence-electron chi connectivity index (χ0n) is 11.2. The molecule has 0 radical (unpaired) electrons. The summed E-state index contributed by atoms with van der Waals surface area (Å²) in [6.45, 7) is 3.84. The fraction of sp³-hybridized carbons (Fsp3) is 0.214. The fourth-order valence-corrected chi connectivity index (χ4v) is 2.11. The summed E-state index contributed by atoms with van der Waals surface area (Å²) in [5.41, 5.74) is 7.98. The van der Waals surface area contributed by atoms with Crippen LogP contribution in [0.4, 0.5) is 5.69 Å². The Morgan fingerprint density at radius 2 is 2.05 bits per heavy atom. The zero-order chi connectivity index (χ0) is 14.7. The quantitative estimate of drug-likeness (QED) is 0.907. The van der Waals surface area contributed by atoms with Gasteiger partial charge < -0.3 is 11.1 Å². The Morgan fingerprint density at radius 3 is 2.70 bits per heavy atom. The number of anilines is 1. The summed E-state index contributed by atoms with van der Waals surface area (Å²) in [6.07, 6.45) is 3.29. The van der Waals surface area contributed by atoms with Crippen LogP contribution in [0.25, 0.3) is 0 Å². The van der Waals surface area contributed by atoms with Gasteiger partial charge in [0.2, 0.25) is 5.91 Å². The second kappa shape index (κ2) is 5.88. The van der Waals surface area contributed by atoms with E-state index in [1.807, 2.05) is 13.8 Å². The molecule has 1 atom stereocenters. The monoisotopic (exact) mass is 290 g/mol. The molecule has 0 saturated carbocycles. The molecule has 3 N–H and O–H groups in total. The molecule has 0 aliphatic heterocycles. The Bertz CT molecular complexity index is 645. The van der Waals surface area contributed by atoms with Crippen LogP contribution >= 0.6 is 11.6 Å². The van der Waals surface area contributed by atoms with Crippen molar-refractivity contribution in [3.8, 4) is 0 Å². The molecule has 0 saturated heterocycles. The van der Waals surface area contributed by atoms with Crippen LogP contribution in [0.2, 0.25) is 5.02 Å². The average molecular weight is 291 g/mol. The van der Waals surface area contributed by atoms with Crippen molar-refractivity contribution in [3.05, 3.63) is 52.6 Å². The molecular formula is C14H15ClN4O. The summed E-state index contributed by atoms with van der Waals surface area (Å²) < 4.78 is 0. The number of carbonyl (C=O) groups is 1. The molecule has 0 aliphatic carbocycles. The van der Waals surface area contributed by atoms with Gasteiger partial charge in [-0.05, 0) is 32.0 Å². The zero-order valence-corrected chi connectivity index (χ0v) is 12.0. The van der Waals surface area contributed by atoms with Crippen molar-refractivity contribution in [1.29, 1.82) is 0 Å². The van der Waals surface area contributed by atoms with Crippen molar-refractivity contribution < 1.29 is 4.79 Å². The third-order valence-corrected chi connectivity index (χ3v) is 3.28. The SMILES string of the molecule is Cc1nccnc1C(C)Nc1cc(C(N)=O)ccc1Cl. The molecule has 5 nitrogen and oxygen atoms in total. The molecule has 0 bridgehead atoms. The van der Waals surface area contributed by atoms with Crippen LogP contribution in [0.1, 0.15) is 34.7 Å². The summed E-state index contributed by atoms with van der Waals surface area (Å²) in [6, 6.07) is 4.77. The highest BCUT2D eigenvalue weighted by molar-refractivity contribution is 6.33. The van der Waals surface area contributed by atoms with Gasteiger partial charge in [-0.3, -0.25) is 14.8 Å². The topological polar surface area (TPSA) is 80.9 Å². The van der Waals surface area contributed by atoms with Crippen molar-refractivity contribution in [2.45, 2.75) is 19.9 Å². The Morgan fingerprint density at radius 1 is 1.35 bits per heavy atom. The Kier molecular flexibility index (Phi) is 4.20. The summed E-state index contributed by atoms with van der Waals surface area (Å²) >= 11 is 6.12. The first-order valence-corrected chi connectivity index (χ1v) is 6.50. The van der Waals surface area contributed by atoms with Crippen LogP contribution in [-0.4, -0.2) is 15.9 Å². The number of hydrogen-bond acceptors (Lipinski definition) is 4. The first-order chi connectivity index (χ1) is 9.49. The normalized spacial score (nSPS) is 11.9. The predicted octanol–water partition coefficient (Wildman–Crippen LogP) is 2.71. The number of aromatic nitrogens is 2. The molecule has 2 rings (SSSR count). The maximum absolute atomic E-state index is 11.2. The van der Waals surface area contributed by atoms with Gasteiger partial charge in [-0.1, -0.05) is 11.6 Å². The van der Waals surface area contributed by atoms with Gasteiger partial charge in [-0.2, -0.15) is 0 Å². The molecule has 2 aromatic rings. The molecule has 6 heteroatoms. The molecule has 1 unspecified atom stereocenters. The smallest absolute Gasteiger partial charge is 0.248 e. The van der Waals surface area contributed by atoms with E-state index < -0.39 is 5.91 Å². The summed E-state index contributed by atoms with van der Waals surface area (Å²) in [5.74, 6) is -0.493. The average Bonchev–Trinajstić information content (AvgIpc) is 2.41. The number of nitrogens with two attached hydrogens (primary N) is 1. The molecule has 1 amide bonds. The molecule has 1 aromatic carbocycles. The minimum Gasteiger partial charge on any atom is -0.376 e. The molecule has 1 aromatic heterocycles. The summed E-state index contributed by atoms with van der Waals surface area (Å²) in [4.78, 5) is 19.7. The molecule has 0 spiro atoms. The van der Waals surface area contributed by atoms with Crippen LogP contribution in [0, 0.1) is 6.92 Å². The lowest BCUT2D eigenvalue weighted by Gasteiger charge is -2.17. The number of primary amides is 1. The van der Waals surface area contributed by atoms with E-state index in [9.17, 15) is 4.79 Å². The fourth-order valence-electron chi connectivity index (χ4n) is 1.93. The maximum atomic E-state index is 11.2. The molecule has 1 heterocycles. The van der Waals surface area contributed by atoms with Gasteiger partial charge >= 0.3 is 0 Å². The highest BCUT2D eigenvalue weighted by Crippen LogP contribution is 2.27. The van der Waals surface area contributed by atoms with E-state index in [0.29, 0.717) is 16.3 Å². The minimum absolute atomic E-state index is 0.0932. The summed E-state index contributed by atoms with van der Waals surface area (Å²) in [5, 5.41) is 3.74. The standard InChI is InChI=1S/C14H15ClN4O/c1-8-13(18-6-5-17-8)9(2)19-12-7-10(14(16)20)3-4-11(12)15/h3-7,9,19H,1-2H3,(H2,16,20). The van der Waals surface area contributed by atoms with E-state index in [1.165, 1.54) is 0 Å². The molecular weight excluding hydrogens is 276 g/mol. The number of carbonyl (C=O) groups excluding carboxylic acids is 1. The number of benzene rings is 1. The number of nitrogens with zero attached hydrogens (tertiary/aromatic N) is 2. The van der Waals surface area contributed by atoms with E-state index in [4.69, 9.17) is 17.3 Å². The van der Waals surface area contributed by atoms with Crippen LogP contribution in [0.15, 0.2) is 30.6 Å². The van der Waals surface area contributed by atoms with E-state index in [2.05, 4.69) is 15.3 Å². The lowest BCUT2D eigenvalue weighted by atomic mass is 10.1. The highest BCUT2D eigenvalue weighted by Gasteiger charge is 2.13. The molecule has 20 heavy (non-hydrogen) atoms. The van der Waals surface area contributed by atoms with E-state index in [0.717, 1.165) is 11.4 Å². The number of rotatable bonds is 4. The van der Waals surface area contributed by atoms with E-state index >= 15 is 0 Å². The number of halogens is 1. The minimum atomic E-state index is -0.493. The van der Waals surface area contributed by atoms with Gasteiger partial charge in [0, 0.05) is 18.0 Å². The van der Waals surface area contributed by atoms with Gasteiger partial charge in [0.1, 0.15) is 0 Å². The van der Waals surface area contributed by atoms with Crippen molar-refractivity contribution in [2.75, 3.05) is 5.32 Å². The molecule has 0 aliphatic rings. The third-order valence-electron chi connectivity index (χ3n) is 2.95. The van der Waals surface area contributed by atoms with Crippen molar-refractivity contribution in [3.63, 3.8) is 0 Å². The van der Waals surface area contributed by atoms with E-state index in [1.54, 1.807) is 30.6 Å². The lowest BCUT2D eigenvalue weighted by molar-refractivity contribution is 0.100. The molecule has 104 valence electrons. The Labute approximate surface area is 122 Å². The van der Waals surface area contributed by atoms with Gasteiger partial charge in [0.15, 0.2) is 0 Å². The Hall–Kier alpha value is -2.14. The largest absolute Gasteiger partial charge is 0.376 e. The number of hydrogen-bond donors (Lipinski definition) is 2. The second-order valence-corrected chi connectivity index (χ2v) is 4.86. The Balaban J connectivity index is 2.28. The molecule has 0 fully saturated rings. The van der Waals surface area contributed by atoms with Gasteiger partial charge in [-0.25, -0.2) is 0 Å². The summed E-state index contributed by atoms with van der Waals surface area (Å²) in [7, 11) is 0. The second-order valence-electron chi connectivity index (χ2n) is 4.45. The lowest BCUT2D eigenvalue weighted by Crippen LogP contribution is -2.14. The van der Waals surface area contributed by atoms with E-state index in [-0.39, 0.29) is 6.04 Å². The highest BCUT2D eigenvalue weighted by atomic mass is 35.5. The van der Waals surface area contributed by atoms with Crippen molar-refractivity contribution in [1.82, 2.24) is 9.97 Å². The maximum Gasteiger partial charge on any atom is 0.248 e. The van der Waals surface area contributed by atoms with Crippen LogP contribution in [0.3, 0.4) is 0 Å².